The van der Waals surface area contributed by atoms with Gasteiger partial charge in [-0.15, -0.1) is 0 Å². The molecule has 1 fully saturated rings. The highest BCUT2D eigenvalue weighted by Crippen LogP contribution is 2.30. The minimum Gasteiger partial charge on any atom is -0.497 e. The summed E-state index contributed by atoms with van der Waals surface area (Å²) in [6, 6.07) is 15.2. The molecule has 4 amide bonds. The van der Waals surface area contributed by atoms with Gasteiger partial charge in [0.05, 0.1) is 12.8 Å². The lowest BCUT2D eigenvalue weighted by molar-refractivity contribution is -0.122. The molecule has 178 valence electrons. The molecule has 1 heterocycles. The van der Waals surface area contributed by atoms with Crippen LogP contribution in [-0.4, -0.2) is 25.0 Å². The van der Waals surface area contributed by atoms with E-state index in [2.05, 4.69) is 5.32 Å². The Bertz CT molecular complexity index is 1370. The van der Waals surface area contributed by atoms with Crippen molar-refractivity contribution < 1.29 is 28.2 Å². The number of amides is 4. The number of carbonyl (C=O) groups excluding carboxylic acids is 3. The molecular formula is C27H23FN2O5. The summed E-state index contributed by atoms with van der Waals surface area (Å²) in [6.07, 6.45) is 1.36. The van der Waals surface area contributed by atoms with Gasteiger partial charge < -0.3 is 9.47 Å². The van der Waals surface area contributed by atoms with E-state index < -0.39 is 17.8 Å². The van der Waals surface area contributed by atoms with E-state index in [0.717, 1.165) is 16.0 Å². The Morgan fingerprint density at radius 1 is 0.971 bits per heavy atom. The summed E-state index contributed by atoms with van der Waals surface area (Å²) in [7, 11) is 1.50. The van der Waals surface area contributed by atoms with Gasteiger partial charge in [0.2, 0.25) is 0 Å². The van der Waals surface area contributed by atoms with E-state index in [4.69, 9.17) is 9.47 Å². The van der Waals surface area contributed by atoms with Crippen molar-refractivity contribution in [2.75, 3.05) is 12.0 Å². The van der Waals surface area contributed by atoms with Crippen molar-refractivity contribution in [2.24, 2.45) is 0 Å². The Kier molecular flexibility index (Phi) is 6.64. The second-order valence-corrected chi connectivity index (χ2v) is 8.05. The number of hydrogen-bond acceptors (Lipinski definition) is 5. The Balaban J connectivity index is 1.69. The molecule has 35 heavy (non-hydrogen) atoms. The average Bonchev–Trinajstić information content (AvgIpc) is 2.83. The highest BCUT2D eigenvalue weighted by Gasteiger charge is 2.37. The number of urea groups is 1. The normalized spacial score (nSPS) is 14.8. The van der Waals surface area contributed by atoms with Crippen LogP contribution >= 0.6 is 0 Å². The van der Waals surface area contributed by atoms with E-state index in [1.165, 1.54) is 25.3 Å². The third-order valence-corrected chi connectivity index (χ3v) is 5.65. The summed E-state index contributed by atoms with van der Waals surface area (Å²) >= 11 is 0. The number of nitrogens with one attached hydrogen (secondary N) is 1. The van der Waals surface area contributed by atoms with Gasteiger partial charge in [0.1, 0.15) is 29.5 Å². The molecule has 0 bridgehead atoms. The lowest BCUT2D eigenvalue weighted by atomic mass is 10.0. The van der Waals surface area contributed by atoms with Gasteiger partial charge in [-0.1, -0.05) is 18.2 Å². The predicted molar refractivity (Wildman–Crippen MR) is 129 cm³/mol. The molecule has 1 aliphatic heterocycles. The third-order valence-electron chi connectivity index (χ3n) is 5.65. The van der Waals surface area contributed by atoms with Crippen molar-refractivity contribution in [1.29, 1.82) is 0 Å². The maximum absolute atomic E-state index is 13.5. The number of aryl methyl sites for hydroxylation is 2. The molecule has 0 unspecified atom stereocenters. The van der Waals surface area contributed by atoms with Crippen LogP contribution in [0.3, 0.4) is 0 Å². The number of halogens is 1. The average molecular weight is 474 g/mol. The first kappa shape index (κ1) is 23.7. The van der Waals surface area contributed by atoms with Crippen LogP contribution in [0.1, 0.15) is 22.3 Å². The number of anilines is 1. The zero-order valence-electron chi connectivity index (χ0n) is 19.4. The maximum atomic E-state index is 13.5. The second kappa shape index (κ2) is 9.80. The first-order chi connectivity index (χ1) is 16.8. The highest BCUT2D eigenvalue weighted by molar-refractivity contribution is 6.39. The van der Waals surface area contributed by atoms with Crippen molar-refractivity contribution in [3.63, 3.8) is 0 Å². The first-order valence-electron chi connectivity index (χ1n) is 10.8. The van der Waals surface area contributed by atoms with Crippen LogP contribution in [0.2, 0.25) is 0 Å². The number of ether oxygens (including phenoxy) is 2. The van der Waals surface area contributed by atoms with Gasteiger partial charge in [-0.3, -0.25) is 14.9 Å². The lowest BCUT2D eigenvalue weighted by Crippen LogP contribution is -2.54. The number of barbiturate groups is 1. The molecule has 0 radical (unpaired) electrons. The third kappa shape index (κ3) is 5.06. The summed E-state index contributed by atoms with van der Waals surface area (Å²) in [4.78, 5) is 39.3. The molecule has 4 rings (SSSR count). The molecule has 1 N–H and O–H groups in total. The van der Waals surface area contributed by atoms with Crippen LogP contribution < -0.4 is 19.7 Å². The summed E-state index contributed by atoms with van der Waals surface area (Å²) in [5.41, 5.74) is 3.03. The standard InChI is InChI=1S/C27H23FN2O5/c1-16-7-9-21(11-17(16)2)30-26(32)23(25(31)29-27(30)33)13-19-8-10-22(34-3)14-24(19)35-15-18-5-4-6-20(28)12-18/h4-14H,15H2,1-3H3,(H,29,31,33)/b23-13+. The van der Waals surface area contributed by atoms with Crippen molar-refractivity contribution in [3.05, 3.63) is 94.3 Å². The lowest BCUT2D eigenvalue weighted by Gasteiger charge is -2.27. The summed E-state index contributed by atoms with van der Waals surface area (Å²) in [6.45, 7) is 3.84. The topological polar surface area (TPSA) is 84.9 Å². The molecule has 0 saturated carbocycles. The molecule has 3 aromatic rings. The Morgan fingerprint density at radius 2 is 1.77 bits per heavy atom. The van der Waals surface area contributed by atoms with E-state index in [9.17, 15) is 18.8 Å². The fourth-order valence-corrected chi connectivity index (χ4v) is 3.59. The fourth-order valence-electron chi connectivity index (χ4n) is 3.59. The minimum absolute atomic E-state index is 0.0501. The van der Waals surface area contributed by atoms with Crippen molar-refractivity contribution in [2.45, 2.75) is 20.5 Å². The number of carbonyl (C=O) groups is 3. The van der Waals surface area contributed by atoms with Crippen molar-refractivity contribution in [1.82, 2.24) is 5.32 Å². The van der Waals surface area contributed by atoms with Crippen molar-refractivity contribution >= 4 is 29.6 Å². The van der Waals surface area contributed by atoms with E-state index in [1.807, 2.05) is 13.8 Å². The molecule has 7 nitrogen and oxygen atoms in total. The Morgan fingerprint density at radius 3 is 2.49 bits per heavy atom. The van der Waals surface area contributed by atoms with Gasteiger partial charge in [-0.25, -0.2) is 14.1 Å². The van der Waals surface area contributed by atoms with Gasteiger partial charge in [-0.2, -0.15) is 0 Å². The molecular weight excluding hydrogens is 451 g/mol. The largest absolute Gasteiger partial charge is 0.497 e. The zero-order chi connectivity index (χ0) is 25.1. The molecule has 0 spiro atoms. The smallest absolute Gasteiger partial charge is 0.335 e. The zero-order valence-corrected chi connectivity index (χ0v) is 19.4. The minimum atomic E-state index is -0.822. The monoisotopic (exact) mass is 474 g/mol. The van der Waals surface area contributed by atoms with Crippen LogP contribution in [-0.2, 0) is 16.2 Å². The predicted octanol–water partition coefficient (Wildman–Crippen LogP) is 4.70. The first-order valence-corrected chi connectivity index (χ1v) is 10.8. The molecule has 0 atom stereocenters. The van der Waals surface area contributed by atoms with E-state index >= 15 is 0 Å². The van der Waals surface area contributed by atoms with Gasteiger partial charge in [-0.05, 0) is 73.0 Å². The van der Waals surface area contributed by atoms with E-state index in [0.29, 0.717) is 28.3 Å². The highest BCUT2D eigenvalue weighted by atomic mass is 19.1. The molecule has 1 saturated heterocycles. The maximum Gasteiger partial charge on any atom is 0.335 e. The second-order valence-electron chi connectivity index (χ2n) is 8.05. The quantitative estimate of drug-likeness (QED) is 0.414. The summed E-state index contributed by atoms with van der Waals surface area (Å²) in [5.74, 6) is -1.15. The van der Waals surface area contributed by atoms with Crippen LogP contribution in [0.15, 0.2) is 66.2 Å². The van der Waals surface area contributed by atoms with Crippen molar-refractivity contribution in [3.8, 4) is 11.5 Å². The Labute approximate surface area is 201 Å². The van der Waals surface area contributed by atoms with E-state index in [1.54, 1.807) is 48.5 Å². The number of hydrogen-bond donors (Lipinski definition) is 1. The number of imide groups is 2. The Hall–Kier alpha value is -4.46. The van der Waals surface area contributed by atoms with Crippen LogP contribution in [0, 0.1) is 19.7 Å². The SMILES string of the molecule is COc1ccc(/C=C2\C(=O)NC(=O)N(c3ccc(C)c(C)c3)C2=O)c(OCc2cccc(F)c2)c1. The summed E-state index contributed by atoms with van der Waals surface area (Å²) in [5, 5.41) is 2.22. The molecule has 0 aliphatic carbocycles. The van der Waals surface area contributed by atoms with Gasteiger partial charge in [0.15, 0.2) is 0 Å². The number of benzene rings is 3. The number of rotatable bonds is 6. The molecule has 1 aliphatic rings. The van der Waals surface area contributed by atoms with E-state index in [-0.39, 0.29) is 18.0 Å². The van der Waals surface area contributed by atoms with Crippen LogP contribution in [0.5, 0.6) is 11.5 Å². The van der Waals surface area contributed by atoms with Gasteiger partial charge in [0.25, 0.3) is 11.8 Å². The molecule has 8 heteroatoms. The number of methoxy groups -OCH3 is 1. The molecule has 0 aromatic heterocycles. The summed E-state index contributed by atoms with van der Waals surface area (Å²) < 4.78 is 24.7. The van der Waals surface area contributed by atoms with Crippen LogP contribution in [0.25, 0.3) is 6.08 Å². The van der Waals surface area contributed by atoms with Gasteiger partial charge >= 0.3 is 6.03 Å². The number of nitrogens with zero attached hydrogens (tertiary/aromatic N) is 1. The molecule has 3 aromatic carbocycles. The van der Waals surface area contributed by atoms with Crippen LogP contribution in [0.4, 0.5) is 14.9 Å². The fraction of sp³-hybridized carbons (Fsp3) is 0.148. The van der Waals surface area contributed by atoms with Gasteiger partial charge in [0, 0.05) is 11.6 Å².